The molecule has 1 atom stereocenters. The van der Waals surface area contributed by atoms with Crippen LogP contribution in [0, 0.1) is 5.41 Å². The normalized spacial score (nSPS) is 19.2. The Kier molecular flexibility index (Phi) is 7.20. The zero-order valence-electron chi connectivity index (χ0n) is 15.7. The molecule has 1 aromatic rings. The van der Waals surface area contributed by atoms with Gasteiger partial charge in [0, 0.05) is 24.1 Å². The van der Waals surface area contributed by atoms with Crippen molar-refractivity contribution in [3.05, 3.63) is 59.2 Å². The van der Waals surface area contributed by atoms with E-state index in [1.807, 2.05) is 6.08 Å². The van der Waals surface area contributed by atoms with E-state index in [0.29, 0.717) is 0 Å². The first-order valence-electron chi connectivity index (χ1n) is 9.16. The van der Waals surface area contributed by atoms with Crippen LogP contribution < -0.4 is 5.32 Å². The molecule has 1 heterocycles. The highest BCUT2D eigenvalue weighted by molar-refractivity contribution is 5.90. The molecule has 1 aromatic carbocycles. The number of ether oxygens (including phenoxy) is 1. The molecule has 3 nitrogen and oxygen atoms in total. The molecule has 1 fully saturated rings. The molecule has 0 aromatic heterocycles. The fourth-order valence-electron chi connectivity index (χ4n) is 3.23. The van der Waals surface area contributed by atoms with Gasteiger partial charge in [-0.05, 0) is 73.9 Å². The standard InChI is InChI=1S/C22H30N2O/c1-5-16(4)22(17(6-2)7-3)18-11-12-20(19(14-18)15-23)24-21-10-8-9-13-25-21/h5-6,11-12,14-15,21,23-24H,2,7-10,13H2,1,3-4H3/b16-5+,22-17-,23-15?. The lowest BCUT2D eigenvalue weighted by Crippen LogP contribution is -2.27. The summed E-state index contributed by atoms with van der Waals surface area (Å²) >= 11 is 0. The van der Waals surface area contributed by atoms with Crippen molar-refractivity contribution in [3.8, 4) is 0 Å². The molecule has 1 aliphatic rings. The van der Waals surface area contributed by atoms with Gasteiger partial charge in [0.15, 0.2) is 0 Å². The lowest BCUT2D eigenvalue weighted by Gasteiger charge is -2.25. The third kappa shape index (κ3) is 4.70. The van der Waals surface area contributed by atoms with Gasteiger partial charge in [-0.2, -0.15) is 0 Å². The Morgan fingerprint density at radius 1 is 1.40 bits per heavy atom. The Balaban J connectivity index is 2.40. The van der Waals surface area contributed by atoms with E-state index >= 15 is 0 Å². The summed E-state index contributed by atoms with van der Waals surface area (Å²) in [6.07, 6.45) is 9.78. The molecule has 0 saturated carbocycles. The van der Waals surface area contributed by atoms with Crippen LogP contribution in [0.25, 0.3) is 5.57 Å². The average molecular weight is 338 g/mol. The molecule has 2 rings (SSSR count). The van der Waals surface area contributed by atoms with Crippen molar-refractivity contribution in [1.82, 2.24) is 0 Å². The maximum Gasteiger partial charge on any atom is 0.127 e. The number of nitrogens with one attached hydrogen (secondary N) is 2. The van der Waals surface area contributed by atoms with Gasteiger partial charge in [0.05, 0.1) is 0 Å². The fourth-order valence-corrected chi connectivity index (χ4v) is 3.23. The number of benzene rings is 1. The van der Waals surface area contributed by atoms with E-state index in [2.05, 4.69) is 56.9 Å². The minimum Gasteiger partial charge on any atom is -0.360 e. The summed E-state index contributed by atoms with van der Waals surface area (Å²) in [5.74, 6) is 0. The highest BCUT2D eigenvalue weighted by Crippen LogP contribution is 2.31. The summed E-state index contributed by atoms with van der Waals surface area (Å²) in [4.78, 5) is 0. The second-order valence-electron chi connectivity index (χ2n) is 6.38. The third-order valence-electron chi connectivity index (χ3n) is 4.77. The van der Waals surface area contributed by atoms with Gasteiger partial charge in [-0.1, -0.05) is 31.7 Å². The summed E-state index contributed by atoms with van der Waals surface area (Å²) in [6, 6.07) is 6.27. The van der Waals surface area contributed by atoms with Gasteiger partial charge in [-0.3, -0.25) is 0 Å². The molecule has 1 aliphatic heterocycles. The van der Waals surface area contributed by atoms with Crippen molar-refractivity contribution in [3.63, 3.8) is 0 Å². The van der Waals surface area contributed by atoms with Crippen molar-refractivity contribution in [1.29, 1.82) is 5.41 Å². The summed E-state index contributed by atoms with van der Waals surface area (Å²) < 4.78 is 5.77. The number of rotatable bonds is 7. The first-order valence-corrected chi connectivity index (χ1v) is 9.16. The van der Waals surface area contributed by atoms with Crippen LogP contribution in [0.2, 0.25) is 0 Å². The van der Waals surface area contributed by atoms with E-state index in [1.54, 1.807) is 0 Å². The van der Waals surface area contributed by atoms with E-state index < -0.39 is 0 Å². The largest absolute Gasteiger partial charge is 0.360 e. The first kappa shape index (κ1) is 19.2. The number of hydrogen-bond acceptors (Lipinski definition) is 3. The molecule has 1 saturated heterocycles. The van der Waals surface area contributed by atoms with Crippen LogP contribution in [-0.4, -0.2) is 19.0 Å². The smallest absolute Gasteiger partial charge is 0.127 e. The van der Waals surface area contributed by atoms with Gasteiger partial charge in [-0.25, -0.2) is 0 Å². The van der Waals surface area contributed by atoms with Crippen molar-refractivity contribution in [2.75, 3.05) is 11.9 Å². The highest BCUT2D eigenvalue weighted by atomic mass is 16.5. The van der Waals surface area contributed by atoms with Crippen molar-refractivity contribution in [2.45, 2.75) is 52.7 Å². The fraction of sp³-hybridized carbons (Fsp3) is 0.409. The van der Waals surface area contributed by atoms with Crippen LogP contribution in [0.3, 0.4) is 0 Å². The van der Waals surface area contributed by atoms with Crippen LogP contribution in [0.15, 0.2) is 48.1 Å². The number of hydrogen-bond donors (Lipinski definition) is 2. The lowest BCUT2D eigenvalue weighted by atomic mass is 9.91. The molecule has 25 heavy (non-hydrogen) atoms. The molecule has 3 heteroatoms. The minimum atomic E-state index is 0.0463. The van der Waals surface area contributed by atoms with Gasteiger partial charge >= 0.3 is 0 Å². The number of anilines is 1. The third-order valence-corrected chi connectivity index (χ3v) is 4.77. The van der Waals surface area contributed by atoms with E-state index in [4.69, 9.17) is 10.1 Å². The summed E-state index contributed by atoms with van der Waals surface area (Å²) in [7, 11) is 0. The van der Waals surface area contributed by atoms with Gasteiger partial charge in [-0.15, -0.1) is 0 Å². The second-order valence-corrected chi connectivity index (χ2v) is 6.38. The predicted octanol–water partition coefficient (Wildman–Crippen LogP) is 5.94. The Morgan fingerprint density at radius 3 is 2.76 bits per heavy atom. The van der Waals surface area contributed by atoms with Crippen LogP contribution in [0.1, 0.15) is 57.6 Å². The van der Waals surface area contributed by atoms with Crippen molar-refractivity contribution in [2.24, 2.45) is 0 Å². The minimum absolute atomic E-state index is 0.0463. The molecular weight excluding hydrogens is 308 g/mol. The maximum atomic E-state index is 7.83. The zero-order valence-corrected chi connectivity index (χ0v) is 15.7. The molecule has 1 unspecified atom stereocenters. The van der Waals surface area contributed by atoms with E-state index in [1.165, 1.54) is 29.4 Å². The quantitative estimate of drug-likeness (QED) is 0.477. The van der Waals surface area contributed by atoms with Crippen LogP contribution in [-0.2, 0) is 4.74 Å². The Bertz CT molecular complexity index is 679. The van der Waals surface area contributed by atoms with Crippen molar-refractivity contribution < 1.29 is 4.74 Å². The highest BCUT2D eigenvalue weighted by Gasteiger charge is 2.16. The van der Waals surface area contributed by atoms with Gasteiger partial charge < -0.3 is 15.5 Å². The van der Waals surface area contributed by atoms with E-state index in [-0.39, 0.29) is 6.23 Å². The van der Waals surface area contributed by atoms with Crippen molar-refractivity contribution >= 4 is 17.5 Å². The average Bonchev–Trinajstić information content (AvgIpc) is 2.66. The summed E-state index contributed by atoms with van der Waals surface area (Å²) in [6.45, 7) is 11.1. The van der Waals surface area contributed by atoms with Gasteiger partial charge in [0.1, 0.15) is 6.23 Å². The first-order chi connectivity index (χ1) is 12.1. The lowest BCUT2D eigenvalue weighted by molar-refractivity contribution is 0.0343. The topological polar surface area (TPSA) is 45.1 Å². The maximum absolute atomic E-state index is 7.83. The van der Waals surface area contributed by atoms with E-state index in [9.17, 15) is 0 Å². The van der Waals surface area contributed by atoms with Gasteiger partial charge in [0.25, 0.3) is 0 Å². The second kappa shape index (κ2) is 9.38. The zero-order chi connectivity index (χ0) is 18.2. The Morgan fingerprint density at radius 2 is 2.20 bits per heavy atom. The Labute approximate surface area is 152 Å². The molecular formula is C22H30N2O. The summed E-state index contributed by atoms with van der Waals surface area (Å²) in [5, 5.41) is 11.3. The van der Waals surface area contributed by atoms with Crippen LogP contribution in [0.4, 0.5) is 5.69 Å². The molecule has 0 radical (unpaired) electrons. The molecule has 2 N–H and O–H groups in total. The molecule has 0 bridgehead atoms. The molecule has 134 valence electrons. The molecule has 0 aliphatic carbocycles. The summed E-state index contributed by atoms with van der Waals surface area (Å²) in [5.41, 5.74) is 6.63. The van der Waals surface area contributed by atoms with Gasteiger partial charge in [0.2, 0.25) is 0 Å². The predicted molar refractivity (Wildman–Crippen MR) is 108 cm³/mol. The Hall–Kier alpha value is -2.13. The van der Waals surface area contributed by atoms with Crippen LogP contribution >= 0.6 is 0 Å². The monoisotopic (exact) mass is 338 g/mol. The molecule has 0 spiro atoms. The SMILES string of the molecule is C=C/C(CC)=C(\C(C)=C\C)c1ccc(NC2CCCCO2)c(C=N)c1. The van der Waals surface area contributed by atoms with E-state index in [0.717, 1.165) is 42.7 Å². The molecule has 0 amide bonds. The van der Waals surface area contributed by atoms with Crippen LogP contribution in [0.5, 0.6) is 0 Å². The number of allylic oxidation sites excluding steroid dienone is 5.